The fraction of sp³-hybridized carbons (Fsp3) is 0.448. The number of aromatic nitrogens is 2. The van der Waals surface area contributed by atoms with Gasteiger partial charge in [-0.2, -0.15) is 4.98 Å². The number of morpholine rings is 1. The molecule has 0 atom stereocenters. The molecule has 0 spiro atoms. The third kappa shape index (κ3) is 7.78. The van der Waals surface area contributed by atoms with Crippen molar-refractivity contribution >= 4 is 38.9 Å². The van der Waals surface area contributed by atoms with Gasteiger partial charge in [0.05, 0.1) is 43.5 Å². The number of rotatable bonds is 13. The van der Waals surface area contributed by atoms with Crippen molar-refractivity contribution in [1.82, 2.24) is 14.7 Å². The van der Waals surface area contributed by atoms with E-state index in [1.54, 1.807) is 30.5 Å². The minimum atomic E-state index is -3.73. The molecular formula is C29H40N6O5S. The summed E-state index contributed by atoms with van der Waals surface area (Å²) < 4.78 is 46.3. The first-order valence-corrected chi connectivity index (χ1v) is 15.4. The number of sulfonamides is 1. The molecule has 12 heteroatoms. The number of aryl methyl sites for hydroxylation is 1. The predicted molar refractivity (Wildman–Crippen MR) is 162 cm³/mol. The average molecular weight is 585 g/mol. The van der Waals surface area contributed by atoms with Gasteiger partial charge in [-0.3, -0.25) is 0 Å². The molecule has 0 saturated carbocycles. The molecule has 3 N–H and O–H groups in total. The number of para-hydroxylation sites is 1. The van der Waals surface area contributed by atoms with Crippen LogP contribution in [-0.4, -0.2) is 64.4 Å². The van der Waals surface area contributed by atoms with E-state index in [0.29, 0.717) is 61.9 Å². The van der Waals surface area contributed by atoms with Crippen molar-refractivity contribution in [1.29, 1.82) is 0 Å². The third-order valence-corrected chi connectivity index (χ3v) is 7.82. The Balaban J connectivity index is 1.65. The molecule has 0 radical (unpaired) electrons. The van der Waals surface area contributed by atoms with Gasteiger partial charge in [-0.15, -0.1) is 0 Å². The number of anilines is 5. The Hall–Kier alpha value is -3.61. The van der Waals surface area contributed by atoms with E-state index in [-0.39, 0.29) is 10.8 Å². The summed E-state index contributed by atoms with van der Waals surface area (Å²) in [5.41, 5.74) is 2.77. The molecule has 3 aromatic rings. The van der Waals surface area contributed by atoms with E-state index < -0.39 is 10.0 Å². The average Bonchev–Trinajstić information content (AvgIpc) is 2.96. The Labute approximate surface area is 242 Å². The quantitative estimate of drug-likeness (QED) is 0.257. The lowest BCUT2D eigenvalue weighted by Gasteiger charge is -2.31. The number of hydrogen-bond acceptors (Lipinski definition) is 10. The van der Waals surface area contributed by atoms with Crippen molar-refractivity contribution in [2.24, 2.45) is 5.92 Å². The standard InChI is InChI=1S/C29H40N6O5S/c1-6-39-25-17-24(35-12-14-38-15-13-35)26(40-7-2)16-23(25)33-29-30-19-21(5)28(34-29)32-22-10-8-9-11-27(22)41(36,37)31-18-20(3)4/h8-11,16-17,19-20,31H,6-7,12-15,18H2,1-5H3,(H2,30,32,33,34). The second kappa shape index (κ2) is 13.8. The van der Waals surface area contributed by atoms with Crippen molar-refractivity contribution < 1.29 is 22.6 Å². The number of nitrogens with one attached hydrogen (secondary N) is 3. The molecule has 2 heterocycles. The third-order valence-electron chi connectivity index (χ3n) is 6.34. The highest BCUT2D eigenvalue weighted by molar-refractivity contribution is 7.89. The molecular weight excluding hydrogens is 544 g/mol. The number of benzene rings is 2. The molecule has 2 aromatic carbocycles. The summed E-state index contributed by atoms with van der Waals surface area (Å²) in [5.74, 6) is 2.33. The lowest BCUT2D eigenvalue weighted by Crippen LogP contribution is -2.36. The van der Waals surface area contributed by atoms with Crippen LogP contribution in [0.25, 0.3) is 0 Å². The van der Waals surface area contributed by atoms with Crippen molar-refractivity contribution in [3.05, 3.63) is 48.2 Å². The normalized spacial score (nSPS) is 13.8. The van der Waals surface area contributed by atoms with Crippen LogP contribution in [0.3, 0.4) is 0 Å². The maximum absolute atomic E-state index is 13.0. The zero-order valence-corrected chi connectivity index (χ0v) is 25.2. The van der Waals surface area contributed by atoms with Crippen LogP contribution >= 0.6 is 0 Å². The zero-order chi connectivity index (χ0) is 29.4. The SMILES string of the molecule is CCOc1cc(N2CCOCC2)c(OCC)cc1Nc1ncc(C)c(Nc2ccccc2S(=O)(=O)NCC(C)C)n1. The maximum Gasteiger partial charge on any atom is 0.242 e. The highest BCUT2D eigenvalue weighted by Gasteiger charge is 2.22. The van der Waals surface area contributed by atoms with Gasteiger partial charge < -0.3 is 29.7 Å². The van der Waals surface area contributed by atoms with Crippen LogP contribution in [-0.2, 0) is 14.8 Å². The summed E-state index contributed by atoms with van der Waals surface area (Å²) >= 11 is 0. The monoisotopic (exact) mass is 584 g/mol. The maximum atomic E-state index is 13.0. The Morgan fingerprint density at radius 2 is 1.71 bits per heavy atom. The topological polar surface area (TPSA) is 127 Å². The molecule has 1 aliphatic rings. The van der Waals surface area contributed by atoms with E-state index in [1.165, 1.54) is 0 Å². The van der Waals surface area contributed by atoms with Crippen molar-refractivity contribution in [3.8, 4) is 11.5 Å². The highest BCUT2D eigenvalue weighted by atomic mass is 32.2. The van der Waals surface area contributed by atoms with E-state index in [9.17, 15) is 8.42 Å². The van der Waals surface area contributed by atoms with Crippen molar-refractivity contribution in [2.75, 3.05) is 61.6 Å². The van der Waals surface area contributed by atoms with Gasteiger partial charge in [0.15, 0.2) is 0 Å². The minimum Gasteiger partial charge on any atom is -0.492 e. The number of ether oxygens (including phenoxy) is 3. The van der Waals surface area contributed by atoms with E-state index >= 15 is 0 Å². The molecule has 0 aliphatic carbocycles. The molecule has 1 aromatic heterocycles. The summed E-state index contributed by atoms with van der Waals surface area (Å²) in [4.78, 5) is 11.5. The second-order valence-corrected chi connectivity index (χ2v) is 11.7. The Morgan fingerprint density at radius 3 is 2.41 bits per heavy atom. The zero-order valence-electron chi connectivity index (χ0n) is 24.4. The molecule has 222 valence electrons. The summed E-state index contributed by atoms with van der Waals surface area (Å²) in [5, 5.41) is 6.48. The van der Waals surface area contributed by atoms with Crippen LogP contribution in [0.2, 0.25) is 0 Å². The molecule has 1 fully saturated rings. The summed E-state index contributed by atoms with van der Waals surface area (Å²) in [6.07, 6.45) is 1.68. The fourth-order valence-corrected chi connectivity index (χ4v) is 5.65. The predicted octanol–water partition coefficient (Wildman–Crippen LogP) is 4.84. The van der Waals surface area contributed by atoms with E-state index in [4.69, 9.17) is 14.2 Å². The van der Waals surface area contributed by atoms with Gasteiger partial charge in [0, 0.05) is 43.5 Å². The molecule has 1 saturated heterocycles. The number of hydrogen-bond donors (Lipinski definition) is 3. The van der Waals surface area contributed by atoms with Crippen LogP contribution in [0.5, 0.6) is 11.5 Å². The summed E-state index contributed by atoms with van der Waals surface area (Å²) in [7, 11) is -3.73. The van der Waals surface area contributed by atoms with Gasteiger partial charge in [0.25, 0.3) is 0 Å². The van der Waals surface area contributed by atoms with E-state index in [0.717, 1.165) is 30.1 Å². The lowest BCUT2D eigenvalue weighted by atomic mass is 10.2. The Bertz CT molecular complexity index is 1430. The lowest BCUT2D eigenvalue weighted by molar-refractivity contribution is 0.122. The van der Waals surface area contributed by atoms with Crippen LogP contribution in [0, 0.1) is 12.8 Å². The van der Waals surface area contributed by atoms with E-state index in [1.807, 2.05) is 46.8 Å². The number of nitrogens with zero attached hydrogens (tertiary/aromatic N) is 3. The van der Waals surface area contributed by atoms with Gasteiger partial charge in [-0.25, -0.2) is 18.1 Å². The fourth-order valence-electron chi connectivity index (χ4n) is 4.28. The van der Waals surface area contributed by atoms with Crippen molar-refractivity contribution in [3.63, 3.8) is 0 Å². The largest absolute Gasteiger partial charge is 0.492 e. The second-order valence-electron chi connectivity index (χ2n) is 10.00. The first-order valence-electron chi connectivity index (χ1n) is 13.9. The highest BCUT2D eigenvalue weighted by Crippen LogP contribution is 2.40. The molecule has 11 nitrogen and oxygen atoms in total. The first-order chi connectivity index (χ1) is 19.7. The summed E-state index contributed by atoms with van der Waals surface area (Å²) in [6, 6.07) is 10.6. The van der Waals surface area contributed by atoms with Crippen LogP contribution in [0.1, 0.15) is 33.3 Å². The smallest absolute Gasteiger partial charge is 0.242 e. The van der Waals surface area contributed by atoms with Gasteiger partial charge in [-0.1, -0.05) is 26.0 Å². The van der Waals surface area contributed by atoms with Crippen LogP contribution in [0.15, 0.2) is 47.5 Å². The van der Waals surface area contributed by atoms with Gasteiger partial charge >= 0.3 is 0 Å². The molecule has 0 unspecified atom stereocenters. The minimum absolute atomic E-state index is 0.145. The molecule has 4 rings (SSSR count). The van der Waals surface area contributed by atoms with Crippen LogP contribution in [0.4, 0.5) is 28.8 Å². The van der Waals surface area contributed by atoms with Crippen LogP contribution < -0.4 is 29.7 Å². The van der Waals surface area contributed by atoms with Gasteiger partial charge in [-0.05, 0) is 38.8 Å². The molecule has 1 aliphatic heterocycles. The molecule has 0 amide bonds. The summed E-state index contributed by atoms with van der Waals surface area (Å²) in [6.45, 7) is 13.8. The van der Waals surface area contributed by atoms with Crippen molar-refractivity contribution in [2.45, 2.75) is 39.5 Å². The Kier molecular flexibility index (Phi) is 10.2. The molecule has 41 heavy (non-hydrogen) atoms. The van der Waals surface area contributed by atoms with Gasteiger partial charge in [0.2, 0.25) is 16.0 Å². The van der Waals surface area contributed by atoms with Gasteiger partial charge in [0.1, 0.15) is 22.2 Å². The first kappa shape index (κ1) is 30.4. The Morgan fingerprint density at radius 1 is 1.00 bits per heavy atom. The molecule has 0 bridgehead atoms. The van der Waals surface area contributed by atoms with E-state index in [2.05, 4.69) is 30.2 Å².